The highest BCUT2D eigenvalue weighted by molar-refractivity contribution is 6.03. The van der Waals surface area contributed by atoms with E-state index >= 15 is 0 Å². The number of aryl methyl sites for hydroxylation is 1. The lowest BCUT2D eigenvalue weighted by molar-refractivity contribution is 0.0945. The third-order valence-electron chi connectivity index (χ3n) is 4.97. The van der Waals surface area contributed by atoms with Crippen molar-refractivity contribution in [3.63, 3.8) is 0 Å². The number of nitrogens with one attached hydrogen (secondary N) is 1. The third kappa shape index (κ3) is 2.85. The summed E-state index contributed by atoms with van der Waals surface area (Å²) in [6, 6.07) is 7.67. The van der Waals surface area contributed by atoms with Crippen LogP contribution in [-0.2, 0) is 13.0 Å². The summed E-state index contributed by atoms with van der Waals surface area (Å²) in [6.45, 7) is 1.99. The monoisotopic (exact) mass is 367 g/mol. The second kappa shape index (κ2) is 6.50. The standard InChI is InChI=1S/C20H18FN3O3/c1-11-5-6-12-8-13(21)9-15-17(12)24(11)20(27)16(18(15)25)19(26)23-10-14-4-2-3-7-22-14/h2-4,7-9,11,25H,5-6,10H2,1H3,(H,23,26)/t11-/m1/s1. The third-order valence-corrected chi connectivity index (χ3v) is 4.97. The van der Waals surface area contributed by atoms with Crippen molar-refractivity contribution in [2.24, 2.45) is 0 Å². The molecule has 2 N–H and O–H groups in total. The fraction of sp³-hybridized carbons (Fsp3) is 0.250. The Morgan fingerprint density at radius 2 is 2.22 bits per heavy atom. The first-order valence-corrected chi connectivity index (χ1v) is 8.75. The molecule has 2 aromatic heterocycles. The van der Waals surface area contributed by atoms with E-state index in [2.05, 4.69) is 10.3 Å². The maximum Gasteiger partial charge on any atom is 0.267 e. The van der Waals surface area contributed by atoms with Gasteiger partial charge in [0.05, 0.1) is 17.8 Å². The quantitative estimate of drug-likeness (QED) is 0.745. The molecule has 1 aromatic carbocycles. The van der Waals surface area contributed by atoms with Crippen LogP contribution >= 0.6 is 0 Å². The van der Waals surface area contributed by atoms with Crippen LogP contribution < -0.4 is 10.9 Å². The van der Waals surface area contributed by atoms with Gasteiger partial charge in [-0.1, -0.05) is 6.07 Å². The van der Waals surface area contributed by atoms with Crippen molar-refractivity contribution in [3.05, 3.63) is 69.5 Å². The average Bonchev–Trinajstić information content (AvgIpc) is 2.66. The highest BCUT2D eigenvalue weighted by Crippen LogP contribution is 2.35. The van der Waals surface area contributed by atoms with Crippen LogP contribution in [0.2, 0.25) is 0 Å². The highest BCUT2D eigenvalue weighted by Gasteiger charge is 2.28. The molecule has 138 valence electrons. The van der Waals surface area contributed by atoms with Gasteiger partial charge in [0.25, 0.3) is 11.5 Å². The normalized spacial score (nSPS) is 15.7. The van der Waals surface area contributed by atoms with Crippen molar-refractivity contribution in [3.8, 4) is 5.75 Å². The van der Waals surface area contributed by atoms with Crippen LogP contribution in [0.25, 0.3) is 10.9 Å². The minimum Gasteiger partial charge on any atom is -0.506 e. The van der Waals surface area contributed by atoms with Crippen LogP contribution in [0, 0.1) is 5.82 Å². The number of nitrogens with zero attached hydrogens (tertiary/aromatic N) is 2. The zero-order chi connectivity index (χ0) is 19.1. The number of carbonyl (C=O) groups is 1. The lowest BCUT2D eigenvalue weighted by atomic mass is 9.95. The van der Waals surface area contributed by atoms with Gasteiger partial charge in [0.15, 0.2) is 0 Å². The second-order valence-electron chi connectivity index (χ2n) is 6.75. The maximum atomic E-state index is 14.0. The molecular weight excluding hydrogens is 349 g/mol. The molecule has 0 unspecified atom stereocenters. The molecule has 1 aliphatic rings. The van der Waals surface area contributed by atoms with Crippen LogP contribution in [0.1, 0.15) is 41.0 Å². The fourth-order valence-corrected chi connectivity index (χ4v) is 3.65. The molecule has 7 heteroatoms. The Morgan fingerprint density at radius 1 is 1.41 bits per heavy atom. The predicted molar refractivity (Wildman–Crippen MR) is 98.3 cm³/mol. The molecule has 1 atom stereocenters. The lowest BCUT2D eigenvalue weighted by Gasteiger charge is -2.26. The number of carbonyl (C=O) groups excluding carboxylic acids is 1. The molecule has 0 bridgehead atoms. The Morgan fingerprint density at radius 3 is 2.96 bits per heavy atom. The van der Waals surface area contributed by atoms with Gasteiger partial charge in [0.1, 0.15) is 17.1 Å². The number of aromatic nitrogens is 2. The summed E-state index contributed by atoms with van der Waals surface area (Å²) in [6.07, 6.45) is 2.87. The maximum absolute atomic E-state index is 14.0. The number of hydrogen-bond donors (Lipinski definition) is 2. The number of aromatic hydroxyl groups is 1. The highest BCUT2D eigenvalue weighted by atomic mass is 19.1. The van der Waals surface area contributed by atoms with Crippen LogP contribution in [-0.4, -0.2) is 20.6 Å². The molecule has 4 rings (SSSR count). The summed E-state index contributed by atoms with van der Waals surface area (Å²) >= 11 is 0. The van der Waals surface area contributed by atoms with Crippen molar-refractivity contribution in [1.82, 2.24) is 14.9 Å². The van der Waals surface area contributed by atoms with Gasteiger partial charge in [0, 0.05) is 17.6 Å². The number of pyridine rings is 2. The van der Waals surface area contributed by atoms with Gasteiger partial charge in [0.2, 0.25) is 0 Å². The fourth-order valence-electron chi connectivity index (χ4n) is 3.65. The van der Waals surface area contributed by atoms with Gasteiger partial charge >= 0.3 is 0 Å². The summed E-state index contributed by atoms with van der Waals surface area (Å²) in [4.78, 5) is 29.8. The largest absolute Gasteiger partial charge is 0.506 e. The van der Waals surface area contributed by atoms with E-state index in [0.29, 0.717) is 29.6 Å². The Balaban J connectivity index is 1.84. The van der Waals surface area contributed by atoms with Gasteiger partial charge < -0.3 is 15.0 Å². The summed E-state index contributed by atoms with van der Waals surface area (Å²) in [5.41, 5.74) is 0.839. The minimum atomic E-state index is -0.711. The predicted octanol–water partition coefficient (Wildman–Crippen LogP) is 2.68. The Bertz CT molecular complexity index is 1110. The summed E-state index contributed by atoms with van der Waals surface area (Å²) in [5.74, 6) is -1.70. The van der Waals surface area contributed by atoms with E-state index in [0.717, 1.165) is 6.07 Å². The number of benzene rings is 1. The molecule has 3 aromatic rings. The van der Waals surface area contributed by atoms with Crippen LogP contribution in [0.3, 0.4) is 0 Å². The molecule has 1 aliphatic heterocycles. The Hall–Kier alpha value is -3.22. The zero-order valence-corrected chi connectivity index (χ0v) is 14.7. The van der Waals surface area contributed by atoms with E-state index in [1.807, 2.05) is 6.92 Å². The molecule has 0 aliphatic carbocycles. The first-order chi connectivity index (χ1) is 13.0. The second-order valence-corrected chi connectivity index (χ2v) is 6.75. The number of amides is 1. The van der Waals surface area contributed by atoms with Gasteiger partial charge in [-0.05, 0) is 49.6 Å². The van der Waals surface area contributed by atoms with Gasteiger partial charge in [-0.2, -0.15) is 0 Å². The molecule has 3 heterocycles. The van der Waals surface area contributed by atoms with Crippen molar-refractivity contribution >= 4 is 16.8 Å². The molecular formula is C20H18FN3O3. The van der Waals surface area contributed by atoms with Gasteiger partial charge in [-0.15, -0.1) is 0 Å². The van der Waals surface area contributed by atoms with E-state index < -0.39 is 23.0 Å². The topological polar surface area (TPSA) is 84.2 Å². The first kappa shape index (κ1) is 17.2. The number of halogens is 1. The minimum absolute atomic E-state index is 0.112. The number of hydrogen-bond acceptors (Lipinski definition) is 4. The molecule has 0 spiro atoms. The van der Waals surface area contributed by atoms with Crippen molar-refractivity contribution in [2.75, 3.05) is 0 Å². The van der Waals surface area contributed by atoms with E-state index in [1.54, 1.807) is 24.4 Å². The SMILES string of the molecule is C[C@@H]1CCc2cc(F)cc3c(O)c(C(=O)NCc4ccccn4)c(=O)n1c23. The van der Waals surface area contributed by atoms with Gasteiger partial charge in [-0.25, -0.2) is 4.39 Å². The van der Waals surface area contributed by atoms with Crippen molar-refractivity contribution in [2.45, 2.75) is 32.4 Å². The molecule has 6 nitrogen and oxygen atoms in total. The van der Waals surface area contributed by atoms with Crippen molar-refractivity contribution in [1.29, 1.82) is 0 Å². The zero-order valence-electron chi connectivity index (χ0n) is 14.7. The Labute approximate surface area is 154 Å². The summed E-state index contributed by atoms with van der Waals surface area (Å²) < 4.78 is 15.5. The molecule has 0 saturated carbocycles. The molecule has 0 saturated heterocycles. The van der Waals surface area contributed by atoms with Crippen LogP contribution in [0.4, 0.5) is 4.39 Å². The van der Waals surface area contributed by atoms with E-state index in [-0.39, 0.29) is 23.5 Å². The Kier molecular flexibility index (Phi) is 4.14. The average molecular weight is 367 g/mol. The molecule has 27 heavy (non-hydrogen) atoms. The van der Waals surface area contributed by atoms with Gasteiger partial charge in [-0.3, -0.25) is 14.6 Å². The lowest BCUT2D eigenvalue weighted by Crippen LogP contribution is -2.36. The van der Waals surface area contributed by atoms with E-state index in [4.69, 9.17) is 0 Å². The number of rotatable bonds is 3. The van der Waals surface area contributed by atoms with E-state index in [9.17, 15) is 19.1 Å². The van der Waals surface area contributed by atoms with E-state index in [1.165, 1.54) is 10.6 Å². The summed E-state index contributed by atoms with van der Waals surface area (Å²) in [7, 11) is 0. The van der Waals surface area contributed by atoms with Crippen LogP contribution in [0.5, 0.6) is 5.75 Å². The first-order valence-electron chi connectivity index (χ1n) is 8.75. The van der Waals surface area contributed by atoms with Crippen LogP contribution in [0.15, 0.2) is 41.3 Å². The molecule has 0 fully saturated rings. The molecule has 1 amide bonds. The smallest absolute Gasteiger partial charge is 0.267 e. The summed E-state index contributed by atoms with van der Waals surface area (Å²) in [5, 5.41) is 13.4. The van der Waals surface area contributed by atoms with Crippen molar-refractivity contribution < 1.29 is 14.3 Å². The molecule has 0 radical (unpaired) electrons.